The van der Waals surface area contributed by atoms with E-state index in [4.69, 9.17) is 15.0 Å². The van der Waals surface area contributed by atoms with Crippen molar-refractivity contribution in [3.63, 3.8) is 0 Å². The molecule has 1 aromatic rings. The molecule has 2 heterocycles. The average molecular weight is 211 g/mol. The van der Waals surface area contributed by atoms with Crippen LogP contribution in [0.2, 0.25) is 0 Å². The summed E-state index contributed by atoms with van der Waals surface area (Å²) in [6.07, 6.45) is 1.37. The largest absolute Gasteiger partial charge is 0.373 e. The van der Waals surface area contributed by atoms with Gasteiger partial charge in [0.25, 0.3) is 5.91 Å². The quantitative estimate of drug-likeness (QED) is 0.711. The van der Waals surface area contributed by atoms with E-state index < -0.39 is 0 Å². The summed E-state index contributed by atoms with van der Waals surface area (Å²) in [5, 5.41) is 3.50. The molecule has 1 aliphatic heterocycles. The highest BCUT2D eigenvalue weighted by Gasteiger charge is 2.25. The molecule has 6 heteroatoms. The minimum Gasteiger partial charge on any atom is -0.373 e. The normalized spacial score (nSPS) is 21.7. The topological polar surface area (TPSA) is 81.6 Å². The predicted octanol–water partition coefficient (Wildman–Crippen LogP) is -0.526. The average Bonchev–Trinajstić information content (AvgIpc) is 2.81. The molecule has 1 atom stereocenters. The van der Waals surface area contributed by atoms with Crippen LogP contribution in [0.4, 0.5) is 0 Å². The van der Waals surface area contributed by atoms with Crippen LogP contribution in [0.5, 0.6) is 0 Å². The van der Waals surface area contributed by atoms with Gasteiger partial charge in [-0.25, -0.2) is 0 Å². The molecule has 2 N–H and O–H groups in total. The van der Waals surface area contributed by atoms with Crippen LogP contribution in [0, 0.1) is 0 Å². The molecule has 0 bridgehead atoms. The zero-order chi connectivity index (χ0) is 10.7. The van der Waals surface area contributed by atoms with Gasteiger partial charge in [0.05, 0.1) is 18.9 Å². The number of amides is 1. The molecule has 0 saturated carbocycles. The van der Waals surface area contributed by atoms with Gasteiger partial charge in [-0.15, -0.1) is 0 Å². The third-order valence-electron chi connectivity index (χ3n) is 2.34. The van der Waals surface area contributed by atoms with Crippen molar-refractivity contribution in [3.8, 4) is 0 Å². The lowest BCUT2D eigenvalue weighted by molar-refractivity contribution is -0.0180. The van der Waals surface area contributed by atoms with Gasteiger partial charge in [-0.1, -0.05) is 5.16 Å². The summed E-state index contributed by atoms with van der Waals surface area (Å²) >= 11 is 0. The first-order valence-electron chi connectivity index (χ1n) is 4.83. The van der Waals surface area contributed by atoms with Gasteiger partial charge in [-0.05, 0) is 0 Å². The van der Waals surface area contributed by atoms with Crippen molar-refractivity contribution in [1.82, 2.24) is 10.1 Å². The van der Waals surface area contributed by atoms with Crippen LogP contribution in [0.25, 0.3) is 0 Å². The fourth-order valence-corrected chi connectivity index (χ4v) is 1.53. The Balaban J connectivity index is 2.01. The van der Waals surface area contributed by atoms with Crippen LogP contribution in [0.3, 0.4) is 0 Å². The van der Waals surface area contributed by atoms with Crippen LogP contribution < -0.4 is 5.73 Å². The molecule has 1 saturated heterocycles. The van der Waals surface area contributed by atoms with Crippen molar-refractivity contribution in [1.29, 1.82) is 0 Å². The number of morpholine rings is 1. The highest BCUT2D eigenvalue weighted by Crippen LogP contribution is 2.09. The second kappa shape index (κ2) is 4.41. The highest BCUT2D eigenvalue weighted by molar-refractivity contribution is 5.91. The van der Waals surface area contributed by atoms with Gasteiger partial charge in [0.1, 0.15) is 0 Å². The number of hydrogen-bond acceptors (Lipinski definition) is 5. The Morgan fingerprint density at radius 3 is 3.27 bits per heavy atom. The molecule has 82 valence electrons. The molecule has 15 heavy (non-hydrogen) atoms. The van der Waals surface area contributed by atoms with Gasteiger partial charge in [0.2, 0.25) is 5.76 Å². The lowest BCUT2D eigenvalue weighted by Gasteiger charge is -2.31. The van der Waals surface area contributed by atoms with E-state index in [0.717, 1.165) is 0 Å². The summed E-state index contributed by atoms with van der Waals surface area (Å²) in [4.78, 5) is 13.5. The zero-order valence-electron chi connectivity index (χ0n) is 8.26. The van der Waals surface area contributed by atoms with Gasteiger partial charge in [0.15, 0.2) is 0 Å². The van der Waals surface area contributed by atoms with Crippen molar-refractivity contribution in [3.05, 3.63) is 18.0 Å². The molecule has 2 rings (SSSR count). The third-order valence-corrected chi connectivity index (χ3v) is 2.34. The molecule has 1 aromatic heterocycles. The van der Waals surface area contributed by atoms with Gasteiger partial charge < -0.3 is 19.9 Å². The van der Waals surface area contributed by atoms with E-state index in [-0.39, 0.29) is 17.8 Å². The van der Waals surface area contributed by atoms with Crippen molar-refractivity contribution in [2.24, 2.45) is 5.73 Å². The fraction of sp³-hybridized carbons (Fsp3) is 0.556. The Labute approximate surface area is 87.0 Å². The summed E-state index contributed by atoms with van der Waals surface area (Å²) < 4.78 is 10.2. The minimum absolute atomic E-state index is 0.0781. The highest BCUT2D eigenvalue weighted by atomic mass is 16.5. The van der Waals surface area contributed by atoms with Crippen molar-refractivity contribution < 1.29 is 14.1 Å². The summed E-state index contributed by atoms with van der Waals surface area (Å²) in [5.41, 5.74) is 5.49. The van der Waals surface area contributed by atoms with Crippen molar-refractivity contribution in [2.45, 2.75) is 6.10 Å². The Morgan fingerprint density at radius 1 is 1.73 bits per heavy atom. The number of rotatable bonds is 2. The fourth-order valence-electron chi connectivity index (χ4n) is 1.53. The van der Waals surface area contributed by atoms with Gasteiger partial charge in [-0.3, -0.25) is 4.79 Å². The number of nitrogens with zero attached hydrogens (tertiary/aromatic N) is 2. The van der Waals surface area contributed by atoms with Crippen molar-refractivity contribution in [2.75, 3.05) is 26.2 Å². The molecule has 1 unspecified atom stereocenters. The van der Waals surface area contributed by atoms with Crippen molar-refractivity contribution >= 4 is 5.91 Å². The third kappa shape index (κ3) is 2.16. The minimum atomic E-state index is -0.158. The summed E-state index contributed by atoms with van der Waals surface area (Å²) in [5.74, 6) is 0.0990. The molecular weight excluding hydrogens is 198 g/mol. The molecule has 0 aromatic carbocycles. The monoisotopic (exact) mass is 211 g/mol. The van der Waals surface area contributed by atoms with Gasteiger partial charge >= 0.3 is 0 Å². The molecule has 1 amide bonds. The predicted molar refractivity (Wildman–Crippen MR) is 51.2 cm³/mol. The van der Waals surface area contributed by atoms with Crippen LogP contribution >= 0.6 is 0 Å². The first kappa shape index (κ1) is 10.1. The van der Waals surface area contributed by atoms with E-state index in [9.17, 15) is 4.79 Å². The van der Waals surface area contributed by atoms with E-state index in [1.54, 1.807) is 11.0 Å². The maximum Gasteiger partial charge on any atom is 0.292 e. The Hall–Kier alpha value is -1.40. The summed E-state index contributed by atoms with van der Waals surface area (Å²) in [7, 11) is 0. The van der Waals surface area contributed by atoms with Gasteiger partial charge in [0, 0.05) is 25.7 Å². The standard InChI is InChI=1S/C9H13N3O3/c10-5-7-6-12(3-4-14-7)9(13)8-1-2-11-15-8/h1-2,7H,3-6,10H2. The maximum atomic E-state index is 11.8. The summed E-state index contributed by atoms with van der Waals surface area (Å²) in [6, 6.07) is 1.55. The number of carbonyl (C=O) groups is 1. The maximum absolute atomic E-state index is 11.8. The Bertz CT molecular complexity index is 325. The number of hydrogen-bond donors (Lipinski definition) is 1. The SMILES string of the molecule is NCC1CN(C(=O)c2ccno2)CCO1. The van der Waals surface area contributed by atoms with E-state index in [1.165, 1.54) is 6.20 Å². The Morgan fingerprint density at radius 2 is 2.60 bits per heavy atom. The van der Waals surface area contributed by atoms with Gasteiger partial charge in [-0.2, -0.15) is 0 Å². The van der Waals surface area contributed by atoms with E-state index >= 15 is 0 Å². The number of nitrogens with two attached hydrogens (primary N) is 1. The number of carbonyl (C=O) groups excluding carboxylic acids is 1. The molecule has 6 nitrogen and oxygen atoms in total. The lowest BCUT2D eigenvalue weighted by Crippen LogP contribution is -2.48. The van der Waals surface area contributed by atoms with Crippen LogP contribution in [0.15, 0.2) is 16.8 Å². The first-order valence-corrected chi connectivity index (χ1v) is 4.83. The molecule has 0 spiro atoms. The number of aromatic nitrogens is 1. The van der Waals surface area contributed by atoms with E-state index in [1.807, 2.05) is 0 Å². The Kier molecular flexibility index (Phi) is 2.98. The zero-order valence-corrected chi connectivity index (χ0v) is 8.26. The van der Waals surface area contributed by atoms with Crippen LogP contribution in [-0.4, -0.2) is 48.3 Å². The molecule has 0 aliphatic carbocycles. The van der Waals surface area contributed by atoms with Crippen LogP contribution in [-0.2, 0) is 4.74 Å². The van der Waals surface area contributed by atoms with Crippen LogP contribution in [0.1, 0.15) is 10.6 Å². The molecule has 1 fully saturated rings. The van der Waals surface area contributed by atoms with E-state index in [0.29, 0.717) is 26.2 Å². The first-order chi connectivity index (χ1) is 7.31. The summed E-state index contributed by atoms with van der Waals surface area (Å²) in [6.45, 7) is 2.01. The number of ether oxygens (including phenoxy) is 1. The molecule has 0 radical (unpaired) electrons. The lowest BCUT2D eigenvalue weighted by atomic mass is 10.2. The molecule has 1 aliphatic rings. The smallest absolute Gasteiger partial charge is 0.292 e. The second-order valence-corrected chi connectivity index (χ2v) is 3.36. The molecular formula is C9H13N3O3. The second-order valence-electron chi connectivity index (χ2n) is 3.36. The van der Waals surface area contributed by atoms with E-state index in [2.05, 4.69) is 5.16 Å².